The molecule has 0 saturated carbocycles. The lowest BCUT2D eigenvalue weighted by Crippen LogP contribution is -2.47. The first-order valence-corrected chi connectivity index (χ1v) is 9.66. The molecular formula is C21H24N2OS. The number of fused-ring (bicyclic) bond motifs is 1. The number of hydrogen-bond donors (Lipinski definition) is 1. The third kappa shape index (κ3) is 3.29. The molecule has 2 atom stereocenters. The predicted molar refractivity (Wildman–Crippen MR) is 104 cm³/mol. The smallest absolute Gasteiger partial charge is 0.299 e. The molecule has 1 aliphatic heterocycles. The molecule has 1 aromatic carbocycles. The Balaban J connectivity index is 2.12. The van der Waals surface area contributed by atoms with E-state index >= 15 is 0 Å². The Kier molecular flexibility index (Phi) is 5.15. The Bertz CT molecular complexity index is 800. The number of aryl methyl sites for hydroxylation is 1. The SMILES string of the molecule is C#CC(=O)N1[C@@H](CCCC)Cc2c(C)csc2[C@@H]1c1ccc(N)cc1. The Morgan fingerprint density at radius 3 is 2.76 bits per heavy atom. The molecular weight excluding hydrogens is 328 g/mol. The van der Waals surface area contributed by atoms with E-state index in [0.717, 1.165) is 36.9 Å². The number of unbranched alkanes of at least 4 members (excludes halogenated alkanes) is 1. The van der Waals surface area contributed by atoms with Crippen LogP contribution >= 0.6 is 11.3 Å². The zero-order valence-electron chi connectivity index (χ0n) is 14.8. The number of carbonyl (C=O) groups is 1. The number of nitrogen functional groups attached to an aromatic ring is 1. The molecule has 1 aliphatic rings. The molecule has 0 spiro atoms. The maximum absolute atomic E-state index is 12.7. The maximum Gasteiger partial charge on any atom is 0.299 e. The predicted octanol–water partition coefficient (Wildman–Crippen LogP) is 4.30. The van der Waals surface area contributed by atoms with E-state index in [2.05, 4.69) is 25.1 Å². The van der Waals surface area contributed by atoms with Crippen molar-refractivity contribution in [3.8, 4) is 12.3 Å². The highest BCUT2D eigenvalue weighted by Gasteiger charge is 2.39. The number of carbonyl (C=O) groups excluding carboxylic acids is 1. The molecule has 0 unspecified atom stereocenters. The average molecular weight is 353 g/mol. The highest BCUT2D eigenvalue weighted by Crippen LogP contribution is 2.43. The van der Waals surface area contributed by atoms with Crippen LogP contribution in [0.15, 0.2) is 29.6 Å². The second-order valence-corrected chi connectivity index (χ2v) is 7.60. The van der Waals surface area contributed by atoms with E-state index in [9.17, 15) is 4.79 Å². The number of hydrogen-bond acceptors (Lipinski definition) is 3. The topological polar surface area (TPSA) is 46.3 Å². The third-order valence-electron chi connectivity index (χ3n) is 5.00. The van der Waals surface area contributed by atoms with Gasteiger partial charge in [0.1, 0.15) is 0 Å². The molecule has 25 heavy (non-hydrogen) atoms. The summed E-state index contributed by atoms with van der Waals surface area (Å²) in [5.74, 6) is 2.13. The number of terminal acetylenes is 1. The molecule has 0 bridgehead atoms. The minimum Gasteiger partial charge on any atom is -0.399 e. The summed E-state index contributed by atoms with van der Waals surface area (Å²) in [5.41, 5.74) is 10.3. The first kappa shape index (κ1) is 17.6. The van der Waals surface area contributed by atoms with Crippen molar-refractivity contribution in [3.05, 3.63) is 51.2 Å². The van der Waals surface area contributed by atoms with Crippen LogP contribution in [0.3, 0.4) is 0 Å². The van der Waals surface area contributed by atoms with E-state index in [1.165, 1.54) is 16.0 Å². The maximum atomic E-state index is 12.7. The Morgan fingerprint density at radius 2 is 2.12 bits per heavy atom. The van der Waals surface area contributed by atoms with E-state index in [0.29, 0.717) is 0 Å². The summed E-state index contributed by atoms with van der Waals surface area (Å²) in [6, 6.07) is 7.84. The van der Waals surface area contributed by atoms with Gasteiger partial charge in [0.25, 0.3) is 5.91 Å². The van der Waals surface area contributed by atoms with Crippen LogP contribution in [-0.2, 0) is 11.2 Å². The molecule has 3 rings (SSSR count). The quantitative estimate of drug-likeness (QED) is 0.658. The van der Waals surface area contributed by atoms with Crippen LogP contribution < -0.4 is 5.73 Å². The molecule has 2 N–H and O–H groups in total. The minimum absolute atomic E-state index is 0.117. The Hall–Kier alpha value is -2.25. The van der Waals surface area contributed by atoms with Crippen molar-refractivity contribution in [3.63, 3.8) is 0 Å². The summed E-state index contributed by atoms with van der Waals surface area (Å²) >= 11 is 1.72. The summed E-state index contributed by atoms with van der Waals surface area (Å²) < 4.78 is 0. The van der Waals surface area contributed by atoms with Crippen molar-refractivity contribution >= 4 is 22.9 Å². The molecule has 0 radical (unpaired) electrons. The van der Waals surface area contributed by atoms with Gasteiger partial charge in [-0.1, -0.05) is 31.9 Å². The standard InChI is InChI=1S/C21H24N2OS/c1-4-6-7-17-12-18-14(3)13-25-21(18)20(23(17)19(24)5-2)15-8-10-16(22)11-9-15/h2,8-11,13,17,20H,4,6-7,12,22H2,1,3H3/t17-,20-/m0/s1. The molecule has 4 heteroatoms. The van der Waals surface area contributed by atoms with E-state index in [-0.39, 0.29) is 18.0 Å². The number of thiophene rings is 1. The molecule has 0 aliphatic carbocycles. The molecule has 2 heterocycles. The second-order valence-electron chi connectivity index (χ2n) is 6.69. The zero-order valence-corrected chi connectivity index (χ0v) is 15.6. The van der Waals surface area contributed by atoms with Gasteiger partial charge < -0.3 is 10.6 Å². The van der Waals surface area contributed by atoms with Gasteiger partial charge in [0, 0.05) is 16.6 Å². The number of rotatable bonds is 4. The monoisotopic (exact) mass is 352 g/mol. The van der Waals surface area contributed by atoms with Gasteiger partial charge in [-0.3, -0.25) is 4.79 Å². The van der Waals surface area contributed by atoms with Crippen LogP contribution in [0, 0.1) is 19.3 Å². The lowest BCUT2D eigenvalue weighted by Gasteiger charge is -2.41. The van der Waals surface area contributed by atoms with E-state index in [1.807, 2.05) is 29.2 Å². The summed E-state index contributed by atoms with van der Waals surface area (Å²) in [7, 11) is 0. The summed E-state index contributed by atoms with van der Waals surface area (Å²) in [4.78, 5) is 15.8. The molecule has 130 valence electrons. The lowest BCUT2D eigenvalue weighted by atomic mass is 9.86. The van der Waals surface area contributed by atoms with Crippen molar-refractivity contribution in [2.45, 2.75) is 51.6 Å². The fraction of sp³-hybridized carbons (Fsp3) is 0.381. The molecule has 3 nitrogen and oxygen atoms in total. The first-order chi connectivity index (χ1) is 12.1. The Labute approximate surface area is 153 Å². The molecule has 0 saturated heterocycles. The van der Waals surface area contributed by atoms with Gasteiger partial charge in [0.15, 0.2) is 0 Å². The van der Waals surface area contributed by atoms with Crippen LogP contribution in [0.5, 0.6) is 0 Å². The highest BCUT2D eigenvalue weighted by molar-refractivity contribution is 7.10. The van der Waals surface area contributed by atoms with Crippen LogP contribution in [0.4, 0.5) is 5.69 Å². The van der Waals surface area contributed by atoms with Crippen molar-refractivity contribution in [1.29, 1.82) is 0 Å². The van der Waals surface area contributed by atoms with Crippen molar-refractivity contribution in [2.75, 3.05) is 5.73 Å². The van der Waals surface area contributed by atoms with Crippen LogP contribution in [0.1, 0.15) is 53.8 Å². The van der Waals surface area contributed by atoms with Crippen molar-refractivity contribution in [2.24, 2.45) is 0 Å². The fourth-order valence-electron chi connectivity index (χ4n) is 3.68. The van der Waals surface area contributed by atoms with Crippen molar-refractivity contribution < 1.29 is 4.79 Å². The van der Waals surface area contributed by atoms with Crippen LogP contribution in [0.2, 0.25) is 0 Å². The van der Waals surface area contributed by atoms with Gasteiger partial charge in [-0.05, 0) is 59.9 Å². The summed E-state index contributed by atoms with van der Waals surface area (Å²) in [6.45, 7) is 4.33. The normalized spacial score (nSPS) is 19.3. The number of nitrogens with two attached hydrogens (primary N) is 1. The minimum atomic E-state index is -0.223. The summed E-state index contributed by atoms with van der Waals surface area (Å²) in [5, 5.41) is 2.19. The lowest BCUT2D eigenvalue weighted by molar-refractivity contribution is -0.129. The zero-order chi connectivity index (χ0) is 18.0. The van der Waals surface area contributed by atoms with E-state index < -0.39 is 0 Å². The molecule has 1 amide bonds. The summed E-state index contributed by atoms with van der Waals surface area (Å²) in [6.07, 6.45) is 9.59. The van der Waals surface area contributed by atoms with Gasteiger partial charge >= 0.3 is 0 Å². The van der Waals surface area contributed by atoms with Gasteiger partial charge in [-0.15, -0.1) is 17.8 Å². The molecule has 1 aromatic heterocycles. The first-order valence-electron chi connectivity index (χ1n) is 8.78. The largest absolute Gasteiger partial charge is 0.399 e. The van der Waals surface area contributed by atoms with Gasteiger partial charge in [0.05, 0.1) is 6.04 Å². The molecule has 2 aromatic rings. The van der Waals surface area contributed by atoms with Crippen molar-refractivity contribution in [1.82, 2.24) is 4.90 Å². The second kappa shape index (κ2) is 7.33. The fourth-order valence-corrected chi connectivity index (χ4v) is 4.89. The third-order valence-corrected chi connectivity index (χ3v) is 6.19. The Morgan fingerprint density at radius 1 is 1.40 bits per heavy atom. The number of benzene rings is 1. The number of nitrogens with zero attached hydrogens (tertiary/aromatic N) is 1. The van der Waals surface area contributed by atoms with Gasteiger partial charge in [0.2, 0.25) is 0 Å². The average Bonchev–Trinajstić information content (AvgIpc) is 2.99. The number of amides is 1. The van der Waals surface area contributed by atoms with Crippen LogP contribution in [0.25, 0.3) is 0 Å². The van der Waals surface area contributed by atoms with Gasteiger partial charge in [-0.25, -0.2) is 0 Å². The number of anilines is 1. The van der Waals surface area contributed by atoms with E-state index in [4.69, 9.17) is 12.2 Å². The van der Waals surface area contributed by atoms with E-state index in [1.54, 1.807) is 11.3 Å². The highest BCUT2D eigenvalue weighted by atomic mass is 32.1. The van der Waals surface area contributed by atoms with Gasteiger partial charge in [-0.2, -0.15) is 0 Å². The molecule has 0 fully saturated rings. The van der Waals surface area contributed by atoms with Crippen LogP contribution in [-0.4, -0.2) is 16.8 Å².